The van der Waals surface area contributed by atoms with E-state index in [-0.39, 0.29) is 37.5 Å². The minimum atomic E-state index is -5.39. The zero-order chi connectivity index (χ0) is 4.50. The van der Waals surface area contributed by atoms with Gasteiger partial charge in [0.05, 0.1) is 0 Å². The SMILES string of the molecule is O.O=P([O-])([O-])[O-].[Si+4].[W]. The molecule has 0 aliphatic carbocycles. The molecule has 0 bridgehead atoms. The first-order chi connectivity index (χ1) is 2.00. The molecule has 0 aromatic carbocycles. The summed E-state index contributed by atoms with van der Waals surface area (Å²) >= 11 is 0. The fourth-order valence-corrected chi connectivity index (χ4v) is 0. The first-order valence-corrected chi connectivity index (χ1v) is 2.19. The van der Waals surface area contributed by atoms with Crippen LogP contribution in [-0.4, -0.2) is 16.4 Å². The maximum Gasteiger partial charge on any atom is 4.00 e. The average Bonchev–Trinajstić information content (AvgIpc) is 0.722. The fraction of sp³-hybridized carbons (Fsp3) is 0. The van der Waals surface area contributed by atoms with Crippen molar-refractivity contribution in [1.29, 1.82) is 0 Å². The fourth-order valence-electron chi connectivity index (χ4n) is 0. The van der Waals surface area contributed by atoms with Crippen molar-refractivity contribution < 1.29 is 45.8 Å². The summed E-state index contributed by atoms with van der Waals surface area (Å²) in [5.74, 6) is 0. The van der Waals surface area contributed by atoms with Crippen LogP contribution in [0.3, 0.4) is 0 Å². The predicted molar refractivity (Wildman–Crippen MR) is 17.0 cm³/mol. The monoisotopic (exact) mass is 325 g/mol. The molecule has 0 atom stereocenters. The van der Waals surface area contributed by atoms with Crippen molar-refractivity contribution in [2.45, 2.75) is 0 Å². The van der Waals surface area contributed by atoms with Crippen molar-refractivity contribution >= 4 is 18.8 Å². The van der Waals surface area contributed by atoms with Crippen LogP contribution >= 0.6 is 7.82 Å². The standard InChI is InChI=1S/H3O4P.H2O.Si.W/c1-5(2,3)4;;;/h(H3,1,2,3,4);1H2;;/q;;+4;/p-3. The molecule has 0 amide bonds. The summed E-state index contributed by atoms with van der Waals surface area (Å²) in [6, 6.07) is 0. The Balaban J connectivity index is -0.0000000267. The van der Waals surface area contributed by atoms with E-state index < -0.39 is 7.82 Å². The van der Waals surface area contributed by atoms with Gasteiger partial charge in [-0.1, -0.05) is 0 Å². The number of phosphoric acid groups is 1. The number of rotatable bonds is 0. The zero-order valence-corrected chi connectivity index (χ0v) is 8.32. The molecule has 0 aliphatic heterocycles. The van der Waals surface area contributed by atoms with Crippen molar-refractivity contribution in [1.82, 2.24) is 0 Å². The van der Waals surface area contributed by atoms with Gasteiger partial charge in [0.25, 0.3) is 0 Å². The van der Waals surface area contributed by atoms with Crippen LogP contribution in [0.2, 0.25) is 0 Å². The van der Waals surface area contributed by atoms with E-state index in [4.69, 9.17) is 19.2 Å². The van der Waals surface area contributed by atoms with Crippen LogP contribution in [0.4, 0.5) is 0 Å². The van der Waals surface area contributed by atoms with Gasteiger partial charge in [0.15, 0.2) is 0 Å². The van der Waals surface area contributed by atoms with E-state index in [9.17, 15) is 0 Å². The maximum absolute atomic E-state index is 8.55. The van der Waals surface area contributed by atoms with Gasteiger partial charge in [-0.05, 0) is 0 Å². The molecule has 0 aliphatic rings. The van der Waals surface area contributed by atoms with Gasteiger partial charge in [0.2, 0.25) is 0 Å². The second-order valence-electron chi connectivity index (χ2n) is 0.447. The Labute approximate surface area is 64.9 Å². The predicted octanol–water partition coefficient (Wildman–Crippen LogP) is -4.03. The Morgan fingerprint density at radius 3 is 1.12 bits per heavy atom. The molecule has 0 radical (unpaired) electrons. The molecule has 0 unspecified atom stereocenters. The molecule has 0 saturated heterocycles. The summed E-state index contributed by atoms with van der Waals surface area (Å²) in [4.78, 5) is 25.6. The summed E-state index contributed by atoms with van der Waals surface area (Å²) in [7, 11) is -5.39. The number of hydrogen-bond acceptors (Lipinski definition) is 4. The molecule has 46 valence electrons. The normalized spacial score (nSPS) is 7.38. The van der Waals surface area contributed by atoms with Crippen molar-refractivity contribution in [3.05, 3.63) is 0 Å². The Morgan fingerprint density at radius 1 is 1.12 bits per heavy atom. The van der Waals surface area contributed by atoms with Crippen molar-refractivity contribution in [2.75, 3.05) is 0 Å². The molecule has 8 heavy (non-hydrogen) atoms. The molecular weight excluding hydrogens is 323 g/mol. The second kappa shape index (κ2) is 7.98. The Bertz CT molecular complexity index is 58.6. The van der Waals surface area contributed by atoms with Crippen LogP contribution in [0.15, 0.2) is 0 Å². The van der Waals surface area contributed by atoms with Crippen molar-refractivity contribution in [2.24, 2.45) is 0 Å². The molecule has 0 heterocycles. The van der Waals surface area contributed by atoms with E-state index in [0.29, 0.717) is 0 Å². The van der Waals surface area contributed by atoms with Crippen LogP contribution in [0, 0.1) is 0 Å². The van der Waals surface area contributed by atoms with Crippen molar-refractivity contribution in [3.8, 4) is 0 Å². The molecule has 5 nitrogen and oxygen atoms in total. The van der Waals surface area contributed by atoms with E-state index in [1.807, 2.05) is 0 Å². The van der Waals surface area contributed by atoms with Gasteiger partial charge < -0.3 is 24.7 Å². The quantitative estimate of drug-likeness (QED) is 0.333. The maximum atomic E-state index is 8.55. The third-order valence-corrected chi connectivity index (χ3v) is 0. The smallest absolute Gasteiger partial charge is 0.822 e. The minimum Gasteiger partial charge on any atom is -0.822 e. The summed E-state index contributed by atoms with van der Waals surface area (Å²) in [6.45, 7) is 0. The third kappa shape index (κ3) is 262. The largest absolute Gasteiger partial charge is 4.00 e. The first kappa shape index (κ1) is 23.1. The third-order valence-electron chi connectivity index (χ3n) is 0. The Hall–Kier alpha value is 0.975. The molecule has 0 saturated carbocycles. The molecule has 2 N–H and O–H groups in total. The van der Waals surface area contributed by atoms with E-state index in [2.05, 4.69) is 0 Å². The second-order valence-corrected chi connectivity index (χ2v) is 1.34. The molecule has 0 spiro atoms. The topological polar surface area (TPSA) is 118 Å². The van der Waals surface area contributed by atoms with E-state index in [0.717, 1.165) is 0 Å². The molecule has 8 heteroatoms. The number of hydrogen-bond donors (Lipinski definition) is 0. The molecule has 0 aromatic heterocycles. The molecule has 0 fully saturated rings. The van der Waals surface area contributed by atoms with Crippen LogP contribution in [0.25, 0.3) is 0 Å². The van der Waals surface area contributed by atoms with Crippen LogP contribution < -0.4 is 14.7 Å². The summed E-state index contributed by atoms with van der Waals surface area (Å²) < 4.78 is 8.55. The van der Waals surface area contributed by atoms with E-state index in [1.165, 1.54) is 0 Å². The van der Waals surface area contributed by atoms with Crippen LogP contribution in [0.1, 0.15) is 0 Å². The van der Waals surface area contributed by atoms with Crippen LogP contribution in [0.5, 0.6) is 0 Å². The van der Waals surface area contributed by atoms with E-state index >= 15 is 0 Å². The average molecular weight is 325 g/mol. The van der Waals surface area contributed by atoms with Crippen LogP contribution in [-0.2, 0) is 25.6 Å². The van der Waals surface area contributed by atoms with Crippen molar-refractivity contribution in [3.63, 3.8) is 0 Å². The van der Waals surface area contributed by atoms with Gasteiger partial charge in [-0.3, -0.25) is 0 Å². The molecule has 0 rings (SSSR count). The molecular formula is H2O5PSiW+. The summed E-state index contributed by atoms with van der Waals surface area (Å²) in [6.07, 6.45) is 0. The zero-order valence-electron chi connectivity index (χ0n) is 3.49. The van der Waals surface area contributed by atoms with E-state index in [1.54, 1.807) is 0 Å². The van der Waals surface area contributed by atoms with Gasteiger partial charge in [0.1, 0.15) is 0 Å². The first-order valence-electron chi connectivity index (χ1n) is 0.730. The molecule has 0 aromatic rings. The van der Waals surface area contributed by atoms with Gasteiger partial charge >= 0.3 is 11.0 Å². The van der Waals surface area contributed by atoms with Gasteiger partial charge in [-0.15, -0.1) is 0 Å². The van der Waals surface area contributed by atoms with Gasteiger partial charge in [0, 0.05) is 21.1 Å². The summed E-state index contributed by atoms with van der Waals surface area (Å²) in [5, 5.41) is 0. The minimum absolute atomic E-state index is 0. The summed E-state index contributed by atoms with van der Waals surface area (Å²) in [5.41, 5.74) is 0. The van der Waals surface area contributed by atoms with Gasteiger partial charge in [-0.25, -0.2) is 0 Å². The Kier molecular flexibility index (Phi) is 23.0. The van der Waals surface area contributed by atoms with Gasteiger partial charge in [-0.2, -0.15) is 7.82 Å². The Morgan fingerprint density at radius 2 is 1.12 bits per heavy atom.